The number of ether oxygens (including phenoxy) is 3. The van der Waals surface area contributed by atoms with Crippen molar-refractivity contribution in [1.29, 1.82) is 0 Å². The van der Waals surface area contributed by atoms with Crippen molar-refractivity contribution in [3.8, 4) is 11.5 Å². The number of hydrogen-bond acceptors (Lipinski definition) is 5. The topological polar surface area (TPSA) is 77.0 Å². The molecular formula is C27H29NO5. The summed E-state index contributed by atoms with van der Waals surface area (Å²) >= 11 is 0. The predicted octanol–water partition coefficient (Wildman–Crippen LogP) is 5.31. The maximum atomic E-state index is 13.0. The maximum absolute atomic E-state index is 13.0. The monoisotopic (exact) mass is 447 g/mol. The average molecular weight is 448 g/mol. The molecule has 0 saturated heterocycles. The minimum Gasteiger partial charge on any atom is -0.497 e. The second kappa shape index (κ2) is 9.96. The molecule has 4 rings (SSSR count). The van der Waals surface area contributed by atoms with Crippen molar-refractivity contribution in [3.05, 3.63) is 90.0 Å². The molecule has 0 heterocycles. The van der Waals surface area contributed by atoms with Crippen molar-refractivity contribution >= 4 is 11.7 Å². The summed E-state index contributed by atoms with van der Waals surface area (Å²) in [7, 11) is 3.21. The maximum Gasteiger partial charge on any atom is 0.338 e. The van der Waals surface area contributed by atoms with Gasteiger partial charge in [-0.15, -0.1) is 0 Å². The molecule has 3 aromatic rings. The summed E-state index contributed by atoms with van der Waals surface area (Å²) in [5, 5.41) is 14.1. The molecule has 0 bridgehead atoms. The fourth-order valence-electron chi connectivity index (χ4n) is 4.27. The fraction of sp³-hybridized carbons (Fsp3) is 0.296. The molecule has 1 fully saturated rings. The summed E-state index contributed by atoms with van der Waals surface area (Å²) in [5.74, 6) is 0.318. The van der Waals surface area contributed by atoms with Gasteiger partial charge in [0.15, 0.2) is 5.60 Å². The Labute approximate surface area is 194 Å². The van der Waals surface area contributed by atoms with Crippen LogP contribution < -0.4 is 14.8 Å². The van der Waals surface area contributed by atoms with E-state index in [4.69, 9.17) is 14.2 Å². The lowest BCUT2D eigenvalue weighted by molar-refractivity contribution is -0.175. The first kappa shape index (κ1) is 22.7. The summed E-state index contributed by atoms with van der Waals surface area (Å²) in [6.45, 7) is 0.125. The van der Waals surface area contributed by atoms with E-state index in [1.165, 1.54) is 0 Å². The number of rotatable bonds is 11. The molecule has 33 heavy (non-hydrogen) atoms. The van der Waals surface area contributed by atoms with Gasteiger partial charge in [-0.1, -0.05) is 48.5 Å². The molecule has 2 N–H and O–H groups in total. The second-order valence-corrected chi connectivity index (χ2v) is 8.19. The van der Waals surface area contributed by atoms with Gasteiger partial charge in [-0.2, -0.15) is 0 Å². The van der Waals surface area contributed by atoms with Gasteiger partial charge in [0.1, 0.15) is 11.5 Å². The first-order valence-electron chi connectivity index (χ1n) is 11.0. The zero-order valence-corrected chi connectivity index (χ0v) is 18.9. The van der Waals surface area contributed by atoms with Crippen LogP contribution in [0.15, 0.2) is 78.9 Å². The van der Waals surface area contributed by atoms with Gasteiger partial charge in [-0.25, -0.2) is 4.79 Å². The van der Waals surface area contributed by atoms with Crippen LogP contribution in [0.25, 0.3) is 0 Å². The Balaban J connectivity index is 1.73. The third-order valence-electron chi connectivity index (χ3n) is 6.14. The fourth-order valence-corrected chi connectivity index (χ4v) is 4.27. The van der Waals surface area contributed by atoms with Gasteiger partial charge >= 0.3 is 5.97 Å². The van der Waals surface area contributed by atoms with Crippen molar-refractivity contribution in [1.82, 2.24) is 0 Å². The van der Waals surface area contributed by atoms with Crippen molar-refractivity contribution in [3.63, 3.8) is 0 Å². The number of nitrogens with one attached hydrogen (secondary N) is 1. The molecule has 0 aromatic heterocycles. The largest absolute Gasteiger partial charge is 0.497 e. The predicted molar refractivity (Wildman–Crippen MR) is 127 cm³/mol. The molecule has 0 spiro atoms. The third-order valence-corrected chi connectivity index (χ3v) is 6.14. The number of carboxylic acid groups (broad SMARTS) is 1. The SMILES string of the molecule is COc1ccc(N[C@@H](c2ccccc2)[C@@](OCc2ccccc2OC)(C(=O)O)C2CC2)cc1. The standard InChI is InChI=1S/C27H29NO5/c1-31-23-16-14-22(15-17-23)28-25(19-8-4-3-5-9-19)27(26(29)30,21-12-13-21)33-18-20-10-6-7-11-24(20)32-2/h3-11,14-17,21,25,28H,12-13,18H2,1-2H3,(H,29,30)/t25-,27+/m0/s1. The number of para-hydroxylation sites is 1. The van der Waals surface area contributed by atoms with E-state index in [1.807, 2.05) is 78.9 Å². The van der Waals surface area contributed by atoms with Crippen molar-refractivity contribution in [2.24, 2.45) is 5.92 Å². The van der Waals surface area contributed by atoms with Crippen molar-refractivity contribution < 1.29 is 24.1 Å². The van der Waals surface area contributed by atoms with Crippen LogP contribution in [-0.4, -0.2) is 30.9 Å². The normalized spacial score (nSPS) is 15.8. The number of methoxy groups -OCH3 is 2. The van der Waals surface area contributed by atoms with E-state index in [2.05, 4.69) is 5.32 Å². The smallest absolute Gasteiger partial charge is 0.338 e. The molecule has 3 aromatic carbocycles. The van der Waals surface area contributed by atoms with Crippen molar-refractivity contribution in [2.75, 3.05) is 19.5 Å². The van der Waals surface area contributed by atoms with Crippen molar-refractivity contribution in [2.45, 2.75) is 31.1 Å². The number of hydrogen-bond donors (Lipinski definition) is 2. The van der Waals surface area contributed by atoms with Crippen LogP contribution in [0.2, 0.25) is 0 Å². The first-order chi connectivity index (χ1) is 16.1. The lowest BCUT2D eigenvalue weighted by Crippen LogP contribution is -2.52. The molecule has 1 aliphatic carbocycles. The molecule has 6 nitrogen and oxygen atoms in total. The highest BCUT2D eigenvalue weighted by Gasteiger charge is 2.58. The Hall–Kier alpha value is -3.51. The highest BCUT2D eigenvalue weighted by Crippen LogP contribution is 2.50. The van der Waals surface area contributed by atoms with Gasteiger partial charge in [0, 0.05) is 17.2 Å². The Morgan fingerprint density at radius 2 is 1.64 bits per heavy atom. The highest BCUT2D eigenvalue weighted by molar-refractivity contribution is 5.81. The lowest BCUT2D eigenvalue weighted by Gasteiger charge is -2.39. The Bertz CT molecular complexity index is 1070. The van der Waals surface area contributed by atoms with E-state index in [0.717, 1.165) is 35.4 Å². The van der Waals surface area contributed by atoms with E-state index >= 15 is 0 Å². The van der Waals surface area contributed by atoms with Gasteiger partial charge in [-0.3, -0.25) is 0 Å². The van der Waals surface area contributed by atoms with Gasteiger partial charge < -0.3 is 24.6 Å². The number of benzene rings is 3. The van der Waals surface area contributed by atoms with E-state index in [9.17, 15) is 9.90 Å². The van der Waals surface area contributed by atoms with Crippen LogP contribution in [0, 0.1) is 5.92 Å². The highest BCUT2D eigenvalue weighted by atomic mass is 16.5. The molecule has 2 atom stereocenters. The number of carbonyl (C=O) groups is 1. The molecule has 0 radical (unpaired) electrons. The van der Waals surface area contributed by atoms with Crippen LogP contribution in [0.4, 0.5) is 5.69 Å². The number of carboxylic acids is 1. The second-order valence-electron chi connectivity index (χ2n) is 8.19. The van der Waals surface area contributed by atoms with E-state index in [-0.39, 0.29) is 12.5 Å². The summed E-state index contributed by atoms with van der Waals surface area (Å²) in [4.78, 5) is 13.0. The number of anilines is 1. The summed E-state index contributed by atoms with van der Waals surface area (Å²) in [6.07, 6.45) is 1.59. The summed E-state index contributed by atoms with van der Waals surface area (Å²) in [5.41, 5.74) is 0.990. The molecule has 6 heteroatoms. The molecule has 0 amide bonds. The van der Waals surface area contributed by atoms with E-state index in [0.29, 0.717) is 5.75 Å². The third kappa shape index (κ3) is 4.81. The van der Waals surface area contributed by atoms with Gasteiger partial charge in [-0.05, 0) is 48.7 Å². The Morgan fingerprint density at radius 1 is 0.970 bits per heavy atom. The Morgan fingerprint density at radius 3 is 2.24 bits per heavy atom. The number of aliphatic carboxylic acids is 1. The molecule has 172 valence electrons. The molecule has 0 unspecified atom stereocenters. The van der Waals surface area contributed by atoms with E-state index < -0.39 is 17.6 Å². The minimum absolute atomic E-state index is 0.110. The molecule has 0 aliphatic heterocycles. The minimum atomic E-state index is -1.46. The van der Waals surface area contributed by atoms with Gasteiger partial charge in [0.05, 0.1) is 26.9 Å². The zero-order chi connectivity index (χ0) is 23.3. The van der Waals surface area contributed by atoms with Gasteiger partial charge in [0.25, 0.3) is 0 Å². The molecule has 1 saturated carbocycles. The molecular weight excluding hydrogens is 418 g/mol. The van der Waals surface area contributed by atoms with Crippen LogP contribution in [0.3, 0.4) is 0 Å². The van der Waals surface area contributed by atoms with Crippen LogP contribution in [0.5, 0.6) is 11.5 Å². The van der Waals surface area contributed by atoms with Crippen LogP contribution >= 0.6 is 0 Å². The van der Waals surface area contributed by atoms with E-state index in [1.54, 1.807) is 14.2 Å². The Kier molecular flexibility index (Phi) is 6.84. The van der Waals surface area contributed by atoms with Crippen LogP contribution in [-0.2, 0) is 16.1 Å². The van der Waals surface area contributed by atoms with Gasteiger partial charge in [0.2, 0.25) is 0 Å². The quantitative estimate of drug-likeness (QED) is 0.415. The summed E-state index contributed by atoms with van der Waals surface area (Å²) < 4.78 is 17.1. The summed E-state index contributed by atoms with van der Waals surface area (Å²) in [6, 6.07) is 24.0. The lowest BCUT2D eigenvalue weighted by atomic mass is 9.83. The molecule has 1 aliphatic rings. The average Bonchev–Trinajstić information content (AvgIpc) is 3.70. The first-order valence-corrected chi connectivity index (χ1v) is 11.0. The van der Waals surface area contributed by atoms with Crippen LogP contribution in [0.1, 0.15) is 30.0 Å². The zero-order valence-electron chi connectivity index (χ0n) is 18.9.